The summed E-state index contributed by atoms with van der Waals surface area (Å²) in [7, 11) is -3.50. The molecule has 7 heteroatoms. The lowest BCUT2D eigenvalue weighted by atomic mass is 10.2. The maximum atomic E-state index is 12.4. The standard InChI is InChI=1S/C14H20N2O3S2/c1-10(5-6-12-4-3-7-19-12)16-21(17,18)14-8-13(9-15)20-11(14)2/h3-4,7-8,10,16H,5-6,9,15H2,1-2H3. The smallest absolute Gasteiger partial charge is 0.241 e. The minimum atomic E-state index is -3.50. The maximum Gasteiger partial charge on any atom is 0.241 e. The van der Waals surface area contributed by atoms with Gasteiger partial charge in [-0.25, -0.2) is 13.1 Å². The number of sulfonamides is 1. The normalized spacial score (nSPS) is 13.5. The Balaban J connectivity index is 2.00. The van der Waals surface area contributed by atoms with Crippen LogP contribution in [0.25, 0.3) is 0 Å². The molecule has 0 amide bonds. The molecule has 0 saturated carbocycles. The van der Waals surface area contributed by atoms with E-state index in [2.05, 4.69) is 4.72 Å². The predicted octanol–water partition coefficient (Wildman–Crippen LogP) is 2.41. The van der Waals surface area contributed by atoms with Crippen molar-refractivity contribution in [2.45, 2.75) is 44.2 Å². The zero-order valence-electron chi connectivity index (χ0n) is 12.1. The molecule has 2 rings (SSSR count). The van der Waals surface area contributed by atoms with E-state index in [1.165, 1.54) is 11.3 Å². The minimum absolute atomic E-state index is 0.166. The van der Waals surface area contributed by atoms with Crippen molar-refractivity contribution in [2.75, 3.05) is 0 Å². The van der Waals surface area contributed by atoms with E-state index < -0.39 is 10.0 Å². The predicted molar refractivity (Wildman–Crippen MR) is 83.8 cm³/mol. The number of hydrogen-bond acceptors (Lipinski definition) is 5. The summed E-state index contributed by atoms with van der Waals surface area (Å²) in [5.74, 6) is 0.859. The highest BCUT2D eigenvalue weighted by Crippen LogP contribution is 2.25. The van der Waals surface area contributed by atoms with E-state index >= 15 is 0 Å². The van der Waals surface area contributed by atoms with E-state index in [9.17, 15) is 8.42 Å². The van der Waals surface area contributed by atoms with Crippen molar-refractivity contribution in [2.24, 2.45) is 5.73 Å². The van der Waals surface area contributed by atoms with Crippen LogP contribution >= 0.6 is 11.3 Å². The lowest BCUT2D eigenvalue weighted by molar-refractivity contribution is 0.480. The molecule has 5 nitrogen and oxygen atoms in total. The molecule has 116 valence electrons. The van der Waals surface area contributed by atoms with Gasteiger partial charge in [0.2, 0.25) is 10.0 Å². The van der Waals surface area contributed by atoms with Gasteiger partial charge in [-0.05, 0) is 38.5 Å². The van der Waals surface area contributed by atoms with Crippen LogP contribution in [0.5, 0.6) is 0 Å². The summed E-state index contributed by atoms with van der Waals surface area (Å²) >= 11 is 1.42. The highest BCUT2D eigenvalue weighted by molar-refractivity contribution is 7.89. The van der Waals surface area contributed by atoms with Crippen LogP contribution in [0.1, 0.15) is 28.9 Å². The summed E-state index contributed by atoms with van der Waals surface area (Å²) in [6.45, 7) is 4.01. The topological polar surface area (TPSA) is 85.3 Å². The van der Waals surface area contributed by atoms with Gasteiger partial charge in [-0.3, -0.25) is 0 Å². The quantitative estimate of drug-likeness (QED) is 0.817. The molecule has 21 heavy (non-hydrogen) atoms. The van der Waals surface area contributed by atoms with Gasteiger partial charge in [0.15, 0.2) is 0 Å². The second-order valence-electron chi connectivity index (χ2n) is 4.98. The van der Waals surface area contributed by atoms with Crippen LogP contribution in [0.2, 0.25) is 0 Å². The molecule has 3 N–H and O–H groups in total. The molecule has 0 fully saturated rings. The van der Waals surface area contributed by atoms with Crippen molar-refractivity contribution in [3.05, 3.63) is 40.0 Å². The first kappa shape index (κ1) is 16.2. The highest BCUT2D eigenvalue weighted by Gasteiger charge is 2.21. The van der Waals surface area contributed by atoms with Gasteiger partial charge in [0.25, 0.3) is 0 Å². The zero-order valence-corrected chi connectivity index (χ0v) is 13.8. The molecule has 0 aliphatic carbocycles. The Kier molecular flexibility index (Phi) is 5.21. The number of rotatable bonds is 7. The van der Waals surface area contributed by atoms with Crippen LogP contribution in [0.15, 0.2) is 33.8 Å². The van der Waals surface area contributed by atoms with Gasteiger partial charge in [0.05, 0.1) is 11.2 Å². The van der Waals surface area contributed by atoms with Crippen LogP contribution in [0.3, 0.4) is 0 Å². The van der Waals surface area contributed by atoms with Gasteiger partial charge < -0.3 is 10.2 Å². The van der Waals surface area contributed by atoms with Gasteiger partial charge in [-0.2, -0.15) is 0 Å². The molecule has 0 aliphatic rings. The Bertz CT molecular complexity index is 675. The summed E-state index contributed by atoms with van der Waals surface area (Å²) in [5, 5.41) is 0. The molecule has 0 aliphatic heterocycles. The van der Waals surface area contributed by atoms with Crippen molar-refractivity contribution >= 4 is 21.4 Å². The van der Waals surface area contributed by atoms with Crippen molar-refractivity contribution in [1.82, 2.24) is 4.72 Å². The van der Waals surface area contributed by atoms with Gasteiger partial charge >= 0.3 is 0 Å². The molecule has 2 aromatic rings. The number of nitrogens with one attached hydrogen (secondary N) is 1. The fourth-order valence-electron chi connectivity index (χ4n) is 2.09. The fourth-order valence-corrected chi connectivity index (χ4v) is 4.88. The lowest BCUT2D eigenvalue weighted by Crippen LogP contribution is -2.33. The van der Waals surface area contributed by atoms with Gasteiger partial charge in [-0.15, -0.1) is 11.3 Å². The summed E-state index contributed by atoms with van der Waals surface area (Å²) < 4.78 is 32.7. The van der Waals surface area contributed by atoms with E-state index in [4.69, 9.17) is 10.2 Å². The Morgan fingerprint density at radius 3 is 2.81 bits per heavy atom. The number of aryl methyl sites for hydroxylation is 2. The third kappa shape index (κ3) is 4.16. The van der Waals surface area contributed by atoms with E-state index in [0.717, 1.165) is 15.5 Å². The molecule has 0 aromatic carbocycles. The Morgan fingerprint density at radius 2 is 2.24 bits per heavy atom. The van der Waals surface area contributed by atoms with Crippen LogP contribution in [-0.4, -0.2) is 14.5 Å². The Labute approximate surface area is 129 Å². The van der Waals surface area contributed by atoms with Crippen molar-refractivity contribution < 1.29 is 12.8 Å². The van der Waals surface area contributed by atoms with Gasteiger partial charge in [-0.1, -0.05) is 0 Å². The van der Waals surface area contributed by atoms with E-state index in [0.29, 0.717) is 24.3 Å². The largest absolute Gasteiger partial charge is 0.469 e. The first-order chi connectivity index (χ1) is 9.92. The number of furan rings is 1. The van der Waals surface area contributed by atoms with E-state index in [1.807, 2.05) is 19.1 Å². The molecule has 2 aromatic heterocycles. The number of nitrogens with two attached hydrogens (primary N) is 1. The minimum Gasteiger partial charge on any atom is -0.469 e. The van der Waals surface area contributed by atoms with Crippen LogP contribution < -0.4 is 10.5 Å². The summed E-state index contributed by atoms with van der Waals surface area (Å²) in [4.78, 5) is 1.97. The van der Waals surface area contributed by atoms with Crippen molar-refractivity contribution in [1.29, 1.82) is 0 Å². The van der Waals surface area contributed by atoms with E-state index in [-0.39, 0.29) is 6.04 Å². The molecule has 0 radical (unpaired) electrons. The van der Waals surface area contributed by atoms with Crippen LogP contribution in [0, 0.1) is 6.92 Å². The monoisotopic (exact) mass is 328 g/mol. The van der Waals surface area contributed by atoms with E-state index in [1.54, 1.807) is 19.3 Å². The number of hydrogen-bond donors (Lipinski definition) is 2. The fraction of sp³-hybridized carbons (Fsp3) is 0.429. The first-order valence-electron chi connectivity index (χ1n) is 6.76. The lowest BCUT2D eigenvalue weighted by Gasteiger charge is -2.13. The van der Waals surface area contributed by atoms with Gasteiger partial charge in [0.1, 0.15) is 5.76 Å². The molecular formula is C14H20N2O3S2. The maximum absolute atomic E-state index is 12.4. The first-order valence-corrected chi connectivity index (χ1v) is 9.06. The zero-order chi connectivity index (χ0) is 15.5. The Hall–Kier alpha value is -1.15. The average molecular weight is 328 g/mol. The number of thiophene rings is 1. The molecule has 1 atom stereocenters. The van der Waals surface area contributed by atoms with Crippen molar-refractivity contribution in [3.63, 3.8) is 0 Å². The summed E-state index contributed by atoms with van der Waals surface area (Å²) in [5.41, 5.74) is 5.56. The second kappa shape index (κ2) is 6.74. The third-order valence-corrected chi connectivity index (χ3v) is 6.09. The molecule has 0 spiro atoms. The SMILES string of the molecule is Cc1sc(CN)cc1S(=O)(=O)NC(C)CCc1ccco1. The third-order valence-electron chi connectivity index (χ3n) is 3.17. The van der Waals surface area contributed by atoms with Crippen LogP contribution in [0.4, 0.5) is 0 Å². The molecule has 0 saturated heterocycles. The second-order valence-corrected chi connectivity index (χ2v) is 8.00. The van der Waals surface area contributed by atoms with Crippen LogP contribution in [-0.2, 0) is 23.0 Å². The van der Waals surface area contributed by atoms with Crippen molar-refractivity contribution in [3.8, 4) is 0 Å². The molecular weight excluding hydrogens is 308 g/mol. The Morgan fingerprint density at radius 1 is 1.48 bits per heavy atom. The summed E-state index contributed by atoms with van der Waals surface area (Å²) in [6.07, 6.45) is 3.00. The molecule has 1 unspecified atom stereocenters. The highest BCUT2D eigenvalue weighted by atomic mass is 32.2. The average Bonchev–Trinajstić information content (AvgIpc) is 3.04. The molecule has 0 bridgehead atoms. The summed E-state index contributed by atoms with van der Waals surface area (Å²) in [6, 6.07) is 5.20. The molecule has 2 heterocycles. The van der Waals surface area contributed by atoms with Gasteiger partial charge in [0, 0.05) is 28.8 Å².